The molecule has 0 aliphatic carbocycles. The summed E-state index contributed by atoms with van der Waals surface area (Å²) < 4.78 is 34.7. The molecule has 0 radical (unpaired) electrons. The summed E-state index contributed by atoms with van der Waals surface area (Å²) in [5.41, 5.74) is 5.76. The first-order valence-electron chi connectivity index (χ1n) is 8.61. The molecular weight excluding hydrogens is 404 g/mol. The van der Waals surface area contributed by atoms with Crippen LogP contribution in [0, 0.1) is 18.6 Å². The largest absolute Gasteiger partial charge is 0.490 e. The molecule has 1 amide bonds. The molecule has 0 aliphatic rings. The molecule has 4 N–H and O–H groups in total. The van der Waals surface area contributed by atoms with Crippen molar-refractivity contribution in [3.8, 4) is 17.0 Å². The summed E-state index contributed by atoms with van der Waals surface area (Å²) in [4.78, 5) is 16.6. The summed E-state index contributed by atoms with van der Waals surface area (Å²) in [6.07, 6.45) is -0.335. The van der Waals surface area contributed by atoms with E-state index >= 15 is 0 Å². The maximum atomic E-state index is 14.8. The van der Waals surface area contributed by atoms with Gasteiger partial charge in [-0.15, -0.1) is 0 Å². The van der Waals surface area contributed by atoms with Gasteiger partial charge >= 0.3 is 0 Å². The smallest absolute Gasteiger partial charge is 0.259 e. The molecule has 10 heteroatoms. The number of hydrogen-bond acceptors (Lipinski definition) is 5. The van der Waals surface area contributed by atoms with Crippen molar-refractivity contribution in [1.82, 2.24) is 15.2 Å². The van der Waals surface area contributed by atoms with Crippen LogP contribution in [0.4, 0.5) is 20.3 Å². The Morgan fingerprint density at radius 3 is 2.62 bits per heavy atom. The van der Waals surface area contributed by atoms with Crippen LogP contribution in [-0.4, -0.2) is 27.2 Å². The number of nitrogens with one attached hydrogen (secondary N) is 2. The molecule has 2 heterocycles. The number of carbonyl (C=O) groups excluding carboxylic acids is 1. The minimum atomic E-state index is -0.863. The number of anilines is 2. The lowest BCUT2D eigenvalue weighted by molar-refractivity contribution is 0.102. The second-order valence-corrected chi connectivity index (χ2v) is 6.89. The van der Waals surface area contributed by atoms with Gasteiger partial charge in [0.05, 0.1) is 17.4 Å². The number of benzene rings is 1. The highest BCUT2D eigenvalue weighted by atomic mass is 35.5. The summed E-state index contributed by atoms with van der Waals surface area (Å²) >= 11 is 5.97. The Hall–Kier alpha value is -3.20. The molecule has 0 bridgehead atoms. The number of aryl methyl sites for hydroxylation is 1. The molecule has 7 nitrogen and oxygen atoms in total. The number of aromatic amines is 1. The number of amides is 1. The van der Waals surface area contributed by atoms with Gasteiger partial charge in [0.15, 0.2) is 0 Å². The maximum absolute atomic E-state index is 14.8. The van der Waals surface area contributed by atoms with Crippen LogP contribution in [0.3, 0.4) is 0 Å². The van der Waals surface area contributed by atoms with E-state index in [4.69, 9.17) is 22.1 Å². The monoisotopic (exact) mass is 421 g/mol. The predicted octanol–water partition coefficient (Wildman–Crippen LogP) is 4.33. The Bertz CT molecular complexity index is 1070. The zero-order valence-electron chi connectivity index (χ0n) is 15.8. The van der Waals surface area contributed by atoms with Gasteiger partial charge in [0, 0.05) is 5.56 Å². The zero-order chi connectivity index (χ0) is 21.3. The number of nitrogens with zero attached hydrogens (tertiary/aromatic N) is 2. The minimum Gasteiger partial charge on any atom is -0.490 e. The van der Waals surface area contributed by atoms with Gasteiger partial charge in [-0.3, -0.25) is 9.89 Å². The van der Waals surface area contributed by atoms with Gasteiger partial charge in [-0.25, -0.2) is 13.8 Å². The number of hydrogen-bond donors (Lipinski definition) is 3. The van der Waals surface area contributed by atoms with Crippen molar-refractivity contribution in [2.24, 2.45) is 0 Å². The standard InChI is InChI=1S/C19H18ClF2N5O2/c1-8(2)29-14-7-10(17-12(21)4-5-15(23)24-17)13(22)6-11(14)19(28)25-16-9(3)26-27-18(16)20/h4-8H,1-3H3,(H2,23,24)(H,25,28)(H,26,27). The quantitative estimate of drug-likeness (QED) is 0.568. The molecule has 0 aliphatic heterocycles. The summed E-state index contributed by atoms with van der Waals surface area (Å²) in [5, 5.41) is 9.12. The van der Waals surface area contributed by atoms with Crippen molar-refractivity contribution in [1.29, 1.82) is 0 Å². The highest BCUT2D eigenvalue weighted by molar-refractivity contribution is 6.33. The zero-order valence-corrected chi connectivity index (χ0v) is 16.6. The van der Waals surface area contributed by atoms with Gasteiger partial charge in [-0.2, -0.15) is 5.10 Å². The molecule has 152 valence electrons. The lowest BCUT2D eigenvalue weighted by atomic mass is 10.0. The number of rotatable bonds is 5. The lowest BCUT2D eigenvalue weighted by Gasteiger charge is -2.16. The first kappa shape index (κ1) is 20.5. The van der Waals surface area contributed by atoms with Crippen molar-refractivity contribution in [2.45, 2.75) is 26.9 Å². The fourth-order valence-corrected chi connectivity index (χ4v) is 2.87. The number of nitrogens with two attached hydrogens (primary N) is 1. The molecule has 0 spiro atoms. The first-order valence-corrected chi connectivity index (χ1v) is 8.99. The summed E-state index contributed by atoms with van der Waals surface area (Å²) in [7, 11) is 0. The molecular formula is C19H18ClF2N5O2. The number of carbonyl (C=O) groups is 1. The van der Waals surface area contributed by atoms with Gasteiger partial charge in [0.25, 0.3) is 5.91 Å². The van der Waals surface area contributed by atoms with Gasteiger partial charge < -0.3 is 15.8 Å². The second-order valence-electron chi connectivity index (χ2n) is 6.51. The van der Waals surface area contributed by atoms with Crippen LogP contribution in [0.5, 0.6) is 5.75 Å². The van der Waals surface area contributed by atoms with Crippen LogP contribution in [-0.2, 0) is 0 Å². The molecule has 29 heavy (non-hydrogen) atoms. The number of nitrogen functional groups attached to an aromatic ring is 1. The molecule has 0 atom stereocenters. The highest BCUT2D eigenvalue weighted by Gasteiger charge is 2.23. The van der Waals surface area contributed by atoms with Gasteiger partial charge in [-0.1, -0.05) is 11.6 Å². The van der Waals surface area contributed by atoms with E-state index in [1.165, 1.54) is 12.1 Å². The van der Waals surface area contributed by atoms with Gasteiger partial charge in [-0.05, 0) is 45.0 Å². The van der Waals surface area contributed by atoms with E-state index in [9.17, 15) is 13.6 Å². The summed E-state index contributed by atoms with van der Waals surface area (Å²) in [5.74, 6) is -2.21. The Morgan fingerprint density at radius 2 is 2.00 bits per heavy atom. The molecule has 1 aromatic carbocycles. The van der Waals surface area contributed by atoms with Crippen molar-refractivity contribution >= 4 is 29.0 Å². The third-order valence-corrected chi connectivity index (χ3v) is 4.21. The third-order valence-electron chi connectivity index (χ3n) is 3.94. The third kappa shape index (κ3) is 4.29. The Kier molecular flexibility index (Phi) is 5.69. The molecule has 0 fully saturated rings. The predicted molar refractivity (Wildman–Crippen MR) is 106 cm³/mol. The van der Waals surface area contributed by atoms with E-state index in [2.05, 4.69) is 20.5 Å². The Balaban J connectivity index is 2.09. The molecule has 2 aromatic heterocycles. The van der Waals surface area contributed by atoms with Crippen LogP contribution >= 0.6 is 11.6 Å². The number of aromatic nitrogens is 3. The van der Waals surface area contributed by atoms with Crippen molar-refractivity contribution in [3.05, 3.63) is 52.3 Å². The van der Waals surface area contributed by atoms with E-state index in [1.807, 2.05) is 0 Å². The van der Waals surface area contributed by atoms with E-state index in [-0.39, 0.29) is 45.3 Å². The maximum Gasteiger partial charge on any atom is 0.259 e. The van der Waals surface area contributed by atoms with Gasteiger partial charge in [0.2, 0.25) is 0 Å². The fourth-order valence-electron chi connectivity index (χ4n) is 2.64. The summed E-state index contributed by atoms with van der Waals surface area (Å²) in [6, 6.07) is 4.53. The van der Waals surface area contributed by atoms with Crippen molar-refractivity contribution in [3.63, 3.8) is 0 Å². The van der Waals surface area contributed by atoms with Gasteiger partial charge in [0.1, 0.15) is 39.7 Å². The lowest BCUT2D eigenvalue weighted by Crippen LogP contribution is -2.17. The van der Waals surface area contributed by atoms with Crippen molar-refractivity contribution < 1.29 is 18.3 Å². The number of halogens is 3. The van der Waals surface area contributed by atoms with Crippen LogP contribution in [0.25, 0.3) is 11.3 Å². The van der Waals surface area contributed by atoms with Crippen LogP contribution in [0.1, 0.15) is 29.9 Å². The fraction of sp³-hybridized carbons (Fsp3) is 0.211. The van der Waals surface area contributed by atoms with Crippen LogP contribution in [0.15, 0.2) is 24.3 Å². The average Bonchev–Trinajstić information content (AvgIpc) is 2.96. The molecule has 0 saturated carbocycles. The van der Waals surface area contributed by atoms with E-state index in [0.29, 0.717) is 5.69 Å². The first-order chi connectivity index (χ1) is 13.7. The SMILES string of the molecule is Cc1n[nH]c(Cl)c1NC(=O)c1cc(F)c(-c2nc(N)ccc2F)cc1OC(C)C. The number of H-pyrrole nitrogens is 1. The van der Waals surface area contributed by atoms with Crippen LogP contribution < -0.4 is 15.8 Å². The topological polar surface area (TPSA) is 106 Å². The minimum absolute atomic E-state index is 0.0269. The summed E-state index contributed by atoms with van der Waals surface area (Å²) in [6.45, 7) is 5.11. The van der Waals surface area contributed by atoms with Crippen molar-refractivity contribution in [2.75, 3.05) is 11.1 Å². The molecule has 3 aromatic rings. The van der Waals surface area contributed by atoms with E-state index < -0.39 is 17.5 Å². The number of ether oxygens (including phenoxy) is 1. The van der Waals surface area contributed by atoms with Crippen LogP contribution in [0.2, 0.25) is 5.15 Å². The normalized spacial score (nSPS) is 11.0. The van der Waals surface area contributed by atoms with E-state index in [1.54, 1.807) is 20.8 Å². The molecule has 3 rings (SSSR count). The second kappa shape index (κ2) is 8.04. The molecule has 0 saturated heterocycles. The number of pyridine rings is 1. The molecule has 0 unspecified atom stereocenters. The highest BCUT2D eigenvalue weighted by Crippen LogP contribution is 2.33. The Morgan fingerprint density at radius 1 is 1.28 bits per heavy atom. The van der Waals surface area contributed by atoms with E-state index in [0.717, 1.165) is 12.1 Å². The average molecular weight is 422 g/mol. The Labute approximate surface area is 170 Å².